The Bertz CT molecular complexity index is 510. The van der Waals surface area contributed by atoms with Crippen molar-refractivity contribution in [1.82, 2.24) is 15.5 Å². The molecule has 5 heteroatoms. The molecule has 0 unspecified atom stereocenters. The summed E-state index contributed by atoms with van der Waals surface area (Å²) in [6.45, 7) is 9.24. The second kappa shape index (κ2) is 5.20. The number of hydrogen-bond donors (Lipinski definition) is 1. The topological polar surface area (TPSA) is 51.0 Å². The lowest BCUT2D eigenvalue weighted by Gasteiger charge is -2.19. The Kier molecular flexibility index (Phi) is 3.82. The molecule has 2 rings (SSSR count). The van der Waals surface area contributed by atoms with E-state index in [0.717, 1.165) is 34.3 Å². The maximum absolute atomic E-state index is 5.41. The lowest BCUT2D eigenvalue weighted by atomic mass is 10.1. The van der Waals surface area contributed by atoms with Gasteiger partial charge in [0.2, 0.25) is 0 Å². The summed E-state index contributed by atoms with van der Waals surface area (Å²) in [5, 5.41) is 13.8. The molecule has 0 radical (unpaired) electrons. The largest absolute Gasteiger partial charge is 0.469 e. The van der Waals surface area contributed by atoms with Crippen molar-refractivity contribution in [2.45, 2.75) is 46.2 Å². The highest BCUT2D eigenvalue weighted by Gasteiger charge is 2.14. The van der Waals surface area contributed by atoms with Gasteiger partial charge < -0.3 is 9.73 Å². The molecule has 0 saturated carbocycles. The summed E-state index contributed by atoms with van der Waals surface area (Å²) >= 11 is 1.62. The SMILES string of the molecule is CCc1occc1-c1nnc(CNC(C)(C)C)s1. The van der Waals surface area contributed by atoms with Gasteiger partial charge in [0.25, 0.3) is 0 Å². The van der Waals surface area contributed by atoms with Crippen LogP contribution < -0.4 is 5.32 Å². The van der Waals surface area contributed by atoms with Crippen LogP contribution >= 0.6 is 11.3 Å². The van der Waals surface area contributed by atoms with E-state index in [4.69, 9.17) is 4.42 Å². The molecule has 0 aromatic carbocycles. The zero-order chi connectivity index (χ0) is 13.2. The predicted molar refractivity (Wildman–Crippen MR) is 73.6 cm³/mol. The third-order valence-corrected chi connectivity index (χ3v) is 3.49. The molecule has 0 aliphatic heterocycles. The maximum atomic E-state index is 5.41. The van der Waals surface area contributed by atoms with Gasteiger partial charge in [-0.1, -0.05) is 18.3 Å². The van der Waals surface area contributed by atoms with E-state index < -0.39 is 0 Å². The zero-order valence-corrected chi connectivity index (χ0v) is 12.1. The Morgan fingerprint density at radius 2 is 2.11 bits per heavy atom. The van der Waals surface area contributed by atoms with E-state index in [2.05, 4.69) is 43.2 Å². The summed E-state index contributed by atoms with van der Waals surface area (Å²) in [6, 6.07) is 1.96. The van der Waals surface area contributed by atoms with Crippen LogP contribution in [0.4, 0.5) is 0 Å². The Balaban J connectivity index is 2.11. The molecule has 0 amide bonds. The normalized spacial score (nSPS) is 12.0. The highest BCUT2D eigenvalue weighted by molar-refractivity contribution is 7.14. The van der Waals surface area contributed by atoms with Crippen LogP contribution in [0.15, 0.2) is 16.7 Å². The van der Waals surface area contributed by atoms with Gasteiger partial charge >= 0.3 is 0 Å². The number of aryl methyl sites for hydroxylation is 1. The smallest absolute Gasteiger partial charge is 0.151 e. The van der Waals surface area contributed by atoms with Gasteiger partial charge in [-0.3, -0.25) is 0 Å². The average Bonchev–Trinajstić information content (AvgIpc) is 2.93. The molecular weight excluding hydrogens is 246 g/mol. The monoisotopic (exact) mass is 265 g/mol. The minimum atomic E-state index is 0.0933. The molecule has 0 aliphatic carbocycles. The van der Waals surface area contributed by atoms with Gasteiger partial charge in [-0.2, -0.15) is 0 Å². The lowest BCUT2D eigenvalue weighted by Crippen LogP contribution is -2.35. The number of aromatic nitrogens is 2. The van der Waals surface area contributed by atoms with Gasteiger partial charge in [0.1, 0.15) is 10.8 Å². The van der Waals surface area contributed by atoms with Crippen molar-refractivity contribution in [1.29, 1.82) is 0 Å². The van der Waals surface area contributed by atoms with Gasteiger partial charge in [-0.05, 0) is 26.8 Å². The van der Waals surface area contributed by atoms with Crippen LogP contribution in [0.25, 0.3) is 10.6 Å². The summed E-state index contributed by atoms with van der Waals surface area (Å²) < 4.78 is 5.41. The first-order valence-electron chi connectivity index (χ1n) is 6.14. The van der Waals surface area contributed by atoms with Gasteiger partial charge in [-0.15, -0.1) is 10.2 Å². The van der Waals surface area contributed by atoms with E-state index in [1.165, 1.54) is 0 Å². The number of furan rings is 1. The number of hydrogen-bond acceptors (Lipinski definition) is 5. The van der Waals surface area contributed by atoms with Crippen molar-refractivity contribution < 1.29 is 4.42 Å². The molecule has 0 aliphatic rings. The summed E-state index contributed by atoms with van der Waals surface area (Å²) in [5.74, 6) is 0.974. The maximum Gasteiger partial charge on any atom is 0.151 e. The molecule has 0 fully saturated rings. The van der Waals surface area contributed by atoms with Crippen molar-refractivity contribution in [2.75, 3.05) is 0 Å². The third kappa shape index (κ3) is 3.17. The van der Waals surface area contributed by atoms with Crippen LogP contribution in [-0.4, -0.2) is 15.7 Å². The first-order chi connectivity index (χ1) is 8.49. The molecule has 0 atom stereocenters. The quantitative estimate of drug-likeness (QED) is 0.922. The van der Waals surface area contributed by atoms with E-state index in [1.54, 1.807) is 17.6 Å². The summed E-state index contributed by atoms with van der Waals surface area (Å²) in [4.78, 5) is 0. The fourth-order valence-corrected chi connectivity index (χ4v) is 2.40. The predicted octanol–water partition coefficient (Wildman–Crippen LogP) is 3.25. The zero-order valence-electron chi connectivity index (χ0n) is 11.3. The van der Waals surface area contributed by atoms with Crippen LogP contribution in [-0.2, 0) is 13.0 Å². The molecule has 98 valence electrons. The summed E-state index contributed by atoms with van der Waals surface area (Å²) in [7, 11) is 0. The molecule has 2 heterocycles. The van der Waals surface area contributed by atoms with Crippen LogP contribution in [0, 0.1) is 0 Å². The molecule has 4 nitrogen and oxygen atoms in total. The van der Waals surface area contributed by atoms with E-state index in [0.29, 0.717) is 0 Å². The minimum Gasteiger partial charge on any atom is -0.469 e. The molecular formula is C13H19N3OS. The first-order valence-corrected chi connectivity index (χ1v) is 6.95. The van der Waals surface area contributed by atoms with Crippen LogP contribution in [0.2, 0.25) is 0 Å². The highest BCUT2D eigenvalue weighted by Crippen LogP contribution is 2.28. The third-order valence-electron chi connectivity index (χ3n) is 2.53. The number of nitrogens with zero attached hydrogens (tertiary/aromatic N) is 2. The molecule has 0 bridgehead atoms. The van der Waals surface area contributed by atoms with Gasteiger partial charge in [0.15, 0.2) is 5.01 Å². The van der Waals surface area contributed by atoms with Gasteiger partial charge in [0.05, 0.1) is 18.4 Å². The van der Waals surface area contributed by atoms with Crippen molar-refractivity contribution in [2.24, 2.45) is 0 Å². The van der Waals surface area contributed by atoms with E-state index in [9.17, 15) is 0 Å². The Morgan fingerprint density at radius 3 is 2.78 bits per heavy atom. The second-order valence-corrected chi connectivity index (χ2v) is 6.28. The van der Waals surface area contributed by atoms with E-state index >= 15 is 0 Å². The number of nitrogens with one attached hydrogen (secondary N) is 1. The summed E-state index contributed by atoms with van der Waals surface area (Å²) in [6.07, 6.45) is 2.58. The Morgan fingerprint density at radius 1 is 1.33 bits per heavy atom. The fraction of sp³-hybridized carbons (Fsp3) is 0.538. The molecule has 2 aromatic rings. The number of rotatable bonds is 4. The molecule has 1 N–H and O–H groups in total. The fourth-order valence-electron chi connectivity index (χ4n) is 1.58. The molecule has 18 heavy (non-hydrogen) atoms. The molecule has 0 saturated heterocycles. The van der Waals surface area contributed by atoms with Gasteiger partial charge in [-0.25, -0.2) is 0 Å². The van der Waals surface area contributed by atoms with E-state index in [-0.39, 0.29) is 5.54 Å². The van der Waals surface area contributed by atoms with Gasteiger partial charge in [0, 0.05) is 12.0 Å². The minimum absolute atomic E-state index is 0.0933. The average molecular weight is 265 g/mol. The van der Waals surface area contributed by atoms with E-state index in [1.807, 2.05) is 6.07 Å². The Hall–Kier alpha value is -1.20. The molecule has 0 spiro atoms. The first kappa shape index (κ1) is 13.2. The van der Waals surface area contributed by atoms with Crippen molar-refractivity contribution >= 4 is 11.3 Å². The Labute approximate surface area is 111 Å². The van der Waals surface area contributed by atoms with Crippen molar-refractivity contribution in [3.8, 4) is 10.6 Å². The van der Waals surface area contributed by atoms with Crippen LogP contribution in [0.1, 0.15) is 38.5 Å². The summed E-state index contributed by atoms with van der Waals surface area (Å²) in [5.41, 5.74) is 1.16. The highest BCUT2D eigenvalue weighted by atomic mass is 32.1. The van der Waals surface area contributed by atoms with Crippen molar-refractivity contribution in [3.63, 3.8) is 0 Å². The molecule has 2 aromatic heterocycles. The second-order valence-electron chi connectivity index (χ2n) is 5.22. The van der Waals surface area contributed by atoms with Crippen molar-refractivity contribution in [3.05, 3.63) is 23.1 Å². The van der Waals surface area contributed by atoms with Crippen LogP contribution in [0.5, 0.6) is 0 Å². The lowest BCUT2D eigenvalue weighted by molar-refractivity contribution is 0.423. The standard InChI is InChI=1S/C13H19N3OS/c1-5-10-9(6-7-17-10)12-16-15-11(18-12)8-14-13(2,3)4/h6-7,14H,5,8H2,1-4H3. The van der Waals surface area contributed by atoms with Crippen LogP contribution in [0.3, 0.4) is 0 Å².